The number of thioether (sulfide) groups is 1. The number of nitrogens with zero attached hydrogens (tertiary/aromatic N) is 1. The molecule has 0 aromatic heterocycles. The van der Waals surface area contributed by atoms with Crippen LogP contribution in [-0.4, -0.2) is 37.5 Å². The van der Waals surface area contributed by atoms with E-state index in [1.807, 2.05) is 18.2 Å². The highest BCUT2D eigenvalue weighted by Crippen LogP contribution is 2.24. The van der Waals surface area contributed by atoms with Gasteiger partial charge in [-0.25, -0.2) is 8.42 Å². The molecule has 1 amide bonds. The first-order valence-corrected chi connectivity index (χ1v) is 12.9. The number of amides is 1. The molecule has 7 heteroatoms. The summed E-state index contributed by atoms with van der Waals surface area (Å²) < 4.78 is 27.0. The molecule has 5 nitrogen and oxygen atoms in total. The van der Waals surface area contributed by atoms with E-state index >= 15 is 0 Å². The summed E-state index contributed by atoms with van der Waals surface area (Å²) in [5, 5.41) is 5.25. The third kappa shape index (κ3) is 5.47. The second-order valence-electron chi connectivity index (χ2n) is 7.68. The van der Waals surface area contributed by atoms with Crippen LogP contribution in [0.4, 0.5) is 0 Å². The first kappa shape index (κ1) is 21.9. The summed E-state index contributed by atoms with van der Waals surface area (Å²) in [5.41, 5.74) is 0.877. The van der Waals surface area contributed by atoms with Crippen LogP contribution in [0.15, 0.2) is 76.5 Å². The molecule has 3 aromatic carbocycles. The van der Waals surface area contributed by atoms with Crippen LogP contribution in [0.2, 0.25) is 0 Å². The molecule has 0 bridgehead atoms. The summed E-state index contributed by atoms with van der Waals surface area (Å²) in [4.78, 5) is 13.6. The summed E-state index contributed by atoms with van der Waals surface area (Å²) in [6.45, 7) is 1.56. The van der Waals surface area contributed by atoms with Gasteiger partial charge in [0.25, 0.3) is 0 Å². The van der Waals surface area contributed by atoms with Crippen molar-refractivity contribution in [2.24, 2.45) is 0 Å². The molecule has 1 aliphatic heterocycles. The molecule has 1 fully saturated rings. The summed E-state index contributed by atoms with van der Waals surface area (Å²) >= 11 is 1.50. The van der Waals surface area contributed by atoms with E-state index in [-0.39, 0.29) is 5.91 Å². The molecule has 4 rings (SSSR count). The van der Waals surface area contributed by atoms with E-state index in [9.17, 15) is 13.2 Å². The van der Waals surface area contributed by atoms with Gasteiger partial charge in [0.2, 0.25) is 15.9 Å². The van der Waals surface area contributed by atoms with Crippen LogP contribution in [0.3, 0.4) is 0 Å². The normalized spacial score (nSPS) is 15.1. The zero-order chi connectivity index (χ0) is 21.7. The molecule has 1 N–H and O–H groups in total. The van der Waals surface area contributed by atoms with E-state index in [2.05, 4.69) is 29.6 Å². The number of sulfonamides is 1. The molecule has 0 saturated carbocycles. The average Bonchev–Trinajstić information content (AvgIpc) is 2.82. The van der Waals surface area contributed by atoms with Crippen LogP contribution >= 0.6 is 11.8 Å². The first-order valence-electron chi connectivity index (χ1n) is 10.5. The Bertz CT molecular complexity index is 1150. The second-order valence-corrected chi connectivity index (χ2v) is 10.7. The van der Waals surface area contributed by atoms with Crippen molar-refractivity contribution >= 4 is 38.5 Å². The molecular formula is C24H26N2O3S2. The summed E-state index contributed by atoms with van der Waals surface area (Å²) in [7, 11) is -3.42. The van der Waals surface area contributed by atoms with Crippen molar-refractivity contribution in [3.63, 3.8) is 0 Å². The Morgan fingerprint density at radius 2 is 1.61 bits per heavy atom. The van der Waals surface area contributed by atoms with Crippen LogP contribution < -0.4 is 5.32 Å². The van der Waals surface area contributed by atoms with Gasteiger partial charge < -0.3 is 5.32 Å². The SMILES string of the molecule is O=C(CSc1ccc2ccccc2c1)NCc1ccc(S(=O)(=O)N2CCCCC2)cc1. The number of carbonyl (C=O) groups excluding carboxylic acids is 1. The van der Waals surface area contributed by atoms with Gasteiger partial charge in [-0.1, -0.05) is 48.9 Å². The lowest BCUT2D eigenvalue weighted by Gasteiger charge is -2.25. The lowest BCUT2D eigenvalue weighted by molar-refractivity contribution is -0.118. The predicted octanol–water partition coefficient (Wildman–Crippen LogP) is 4.42. The van der Waals surface area contributed by atoms with Gasteiger partial charge in [-0.15, -0.1) is 11.8 Å². The van der Waals surface area contributed by atoms with Crippen LogP contribution in [0.25, 0.3) is 10.8 Å². The molecule has 31 heavy (non-hydrogen) atoms. The minimum Gasteiger partial charge on any atom is -0.351 e. The number of hydrogen-bond acceptors (Lipinski definition) is 4. The fourth-order valence-corrected chi connectivity index (χ4v) is 5.98. The molecule has 0 atom stereocenters. The van der Waals surface area contributed by atoms with Gasteiger partial charge in [0, 0.05) is 24.5 Å². The molecule has 1 heterocycles. The zero-order valence-electron chi connectivity index (χ0n) is 17.3. The third-order valence-corrected chi connectivity index (χ3v) is 8.36. The van der Waals surface area contributed by atoms with Crippen LogP contribution in [0.5, 0.6) is 0 Å². The molecule has 3 aromatic rings. The number of fused-ring (bicyclic) bond motifs is 1. The average molecular weight is 455 g/mol. The molecule has 0 spiro atoms. The molecule has 0 aliphatic carbocycles. The monoisotopic (exact) mass is 454 g/mol. The minimum atomic E-state index is -3.42. The Balaban J connectivity index is 1.29. The van der Waals surface area contributed by atoms with Gasteiger partial charge in [0.05, 0.1) is 10.6 Å². The van der Waals surface area contributed by atoms with E-state index < -0.39 is 10.0 Å². The van der Waals surface area contributed by atoms with Crippen molar-refractivity contribution < 1.29 is 13.2 Å². The summed E-state index contributed by atoms with van der Waals surface area (Å²) in [5.74, 6) is 0.280. The quantitative estimate of drug-likeness (QED) is 0.537. The van der Waals surface area contributed by atoms with E-state index in [4.69, 9.17) is 0 Å². The predicted molar refractivity (Wildman–Crippen MR) is 126 cm³/mol. The number of carbonyl (C=O) groups is 1. The molecule has 1 saturated heterocycles. The van der Waals surface area contributed by atoms with Crippen molar-refractivity contribution in [2.45, 2.75) is 35.6 Å². The smallest absolute Gasteiger partial charge is 0.243 e. The van der Waals surface area contributed by atoms with Crippen molar-refractivity contribution in [3.8, 4) is 0 Å². The highest BCUT2D eigenvalue weighted by Gasteiger charge is 2.25. The van der Waals surface area contributed by atoms with Gasteiger partial charge in [-0.3, -0.25) is 4.79 Å². The van der Waals surface area contributed by atoms with E-state index in [0.717, 1.165) is 35.1 Å². The number of hydrogen-bond donors (Lipinski definition) is 1. The third-order valence-electron chi connectivity index (χ3n) is 5.46. The molecule has 1 aliphatic rings. The van der Waals surface area contributed by atoms with Crippen molar-refractivity contribution in [3.05, 3.63) is 72.3 Å². The number of piperidine rings is 1. The van der Waals surface area contributed by atoms with Crippen molar-refractivity contribution in [1.82, 2.24) is 9.62 Å². The molecule has 0 unspecified atom stereocenters. The number of benzene rings is 3. The minimum absolute atomic E-state index is 0.0526. The Morgan fingerprint density at radius 1 is 0.903 bits per heavy atom. The fourth-order valence-electron chi connectivity index (χ4n) is 3.69. The summed E-state index contributed by atoms with van der Waals surface area (Å²) in [6, 6.07) is 21.1. The number of nitrogens with one attached hydrogen (secondary N) is 1. The van der Waals surface area contributed by atoms with Crippen molar-refractivity contribution in [1.29, 1.82) is 0 Å². The van der Waals surface area contributed by atoms with Crippen LogP contribution in [-0.2, 0) is 21.4 Å². The maximum Gasteiger partial charge on any atom is 0.243 e. The van der Waals surface area contributed by atoms with Crippen LogP contribution in [0, 0.1) is 0 Å². The zero-order valence-corrected chi connectivity index (χ0v) is 18.9. The van der Waals surface area contributed by atoms with Crippen LogP contribution in [0.1, 0.15) is 24.8 Å². The topological polar surface area (TPSA) is 66.5 Å². The lowest BCUT2D eigenvalue weighted by atomic mass is 10.1. The fraction of sp³-hybridized carbons (Fsp3) is 0.292. The Labute approximate surface area is 187 Å². The first-order chi connectivity index (χ1) is 15.0. The highest BCUT2D eigenvalue weighted by atomic mass is 32.2. The van der Waals surface area contributed by atoms with Gasteiger partial charge in [-0.2, -0.15) is 4.31 Å². The largest absolute Gasteiger partial charge is 0.351 e. The second kappa shape index (κ2) is 9.85. The van der Waals surface area contributed by atoms with Gasteiger partial charge in [-0.05, 0) is 53.4 Å². The van der Waals surface area contributed by atoms with Gasteiger partial charge in [0.1, 0.15) is 0 Å². The van der Waals surface area contributed by atoms with Gasteiger partial charge >= 0.3 is 0 Å². The molecule has 0 radical (unpaired) electrons. The number of rotatable bonds is 7. The van der Waals surface area contributed by atoms with Gasteiger partial charge in [0.15, 0.2) is 0 Å². The Kier molecular flexibility index (Phi) is 6.95. The summed E-state index contributed by atoms with van der Waals surface area (Å²) in [6.07, 6.45) is 2.92. The standard InChI is InChI=1S/C24H26N2O3S2/c27-24(18-30-22-11-10-20-6-2-3-7-21(20)16-22)25-17-19-8-12-23(13-9-19)31(28,29)26-14-4-1-5-15-26/h2-3,6-13,16H,1,4-5,14-15,17-18H2,(H,25,27). The van der Waals surface area contributed by atoms with E-state index in [1.54, 1.807) is 28.6 Å². The van der Waals surface area contributed by atoms with Crippen molar-refractivity contribution in [2.75, 3.05) is 18.8 Å². The van der Waals surface area contributed by atoms with E-state index in [1.165, 1.54) is 17.1 Å². The lowest BCUT2D eigenvalue weighted by Crippen LogP contribution is -2.35. The molecule has 162 valence electrons. The molecular weight excluding hydrogens is 428 g/mol. The Morgan fingerprint density at radius 3 is 2.35 bits per heavy atom. The maximum atomic E-state index is 12.7. The highest BCUT2D eigenvalue weighted by molar-refractivity contribution is 8.00. The Hall–Kier alpha value is -2.35. The maximum absolute atomic E-state index is 12.7. The van der Waals surface area contributed by atoms with E-state index in [0.29, 0.717) is 30.3 Å².